The SMILES string of the molecule is C=CCn1c(CC)nnc1SCc1ccc(F)cc1Cl. The Morgan fingerprint density at radius 1 is 1.45 bits per heavy atom. The van der Waals surface area contributed by atoms with Crippen molar-refractivity contribution in [3.05, 3.63) is 53.1 Å². The van der Waals surface area contributed by atoms with Crippen molar-refractivity contribution in [1.29, 1.82) is 0 Å². The van der Waals surface area contributed by atoms with Crippen LogP contribution in [0.15, 0.2) is 36.0 Å². The number of thioether (sulfide) groups is 1. The molecular weight excluding hydrogens is 297 g/mol. The Morgan fingerprint density at radius 2 is 2.25 bits per heavy atom. The fraction of sp³-hybridized carbons (Fsp3) is 0.286. The van der Waals surface area contributed by atoms with Crippen LogP contribution in [0, 0.1) is 5.82 Å². The maximum Gasteiger partial charge on any atom is 0.191 e. The second kappa shape index (κ2) is 6.90. The summed E-state index contributed by atoms with van der Waals surface area (Å²) >= 11 is 7.55. The number of nitrogens with zero attached hydrogens (tertiary/aromatic N) is 3. The molecule has 1 aromatic carbocycles. The van der Waals surface area contributed by atoms with Crippen molar-refractivity contribution in [3.63, 3.8) is 0 Å². The second-order valence-corrected chi connectivity index (χ2v) is 5.53. The quantitative estimate of drug-likeness (QED) is 0.594. The number of aryl methyl sites for hydroxylation is 1. The summed E-state index contributed by atoms with van der Waals surface area (Å²) < 4.78 is 15.0. The molecule has 0 amide bonds. The van der Waals surface area contributed by atoms with Crippen LogP contribution >= 0.6 is 23.4 Å². The van der Waals surface area contributed by atoms with Gasteiger partial charge in [0.1, 0.15) is 11.6 Å². The van der Waals surface area contributed by atoms with E-state index in [1.165, 1.54) is 23.9 Å². The molecule has 0 atom stereocenters. The van der Waals surface area contributed by atoms with Gasteiger partial charge in [0.25, 0.3) is 0 Å². The molecule has 0 saturated carbocycles. The smallest absolute Gasteiger partial charge is 0.191 e. The highest BCUT2D eigenvalue weighted by Crippen LogP contribution is 2.26. The van der Waals surface area contributed by atoms with Crippen molar-refractivity contribution >= 4 is 23.4 Å². The monoisotopic (exact) mass is 311 g/mol. The average Bonchev–Trinajstić information content (AvgIpc) is 2.81. The van der Waals surface area contributed by atoms with E-state index in [2.05, 4.69) is 16.8 Å². The van der Waals surface area contributed by atoms with E-state index < -0.39 is 0 Å². The Balaban J connectivity index is 2.14. The minimum atomic E-state index is -0.327. The maximum absolute atomic E-state index is 13.0. The van der Waals surface area contributed by atoms with Crippen molar-refractivity contribution in [1.82, 2.24) is 14.8 Å². The zero-order valence-electron chi connectivity index (χ0n) is 11.1. The van der Waals surface area contributed by atoms with Gasteiger partial charge in [0.05, 0.1) is 0 Å². The van der Waals surface area contributed by atoms with E-state index in [0.29, 0.717) is 17.3 Å². The molecule has 0 spiro atoms. The number of rotatable bonds is 6. The number of halogens is 2. The van der Waals surface area contributed by atoms with Crippen molar-refractivity contribution in [3.8, 4) is 0 Å². The first-order valence-electron chi connectivity index (χ1n) is 6.25. The topological polar surface area (TPSA) is 30.7 Å². The summed E-state index contributed by atoms with van der Waals surface area (Å²) in [5, 5.41) is 9.59. The number of benzene rings is 1. The first-order chi connectivity index (χ1) is 9.65. The molecular formula is C14H15ClFN3S. The van der Waals surface area contributed by atoms with Crippen molar-refractivity contribution in [2.75, 3.05) is 0 Å². The van der Waals surface area contributed by atoms with Gasteiger partial charge in [-0.15, -0.1) is 16.8 Å². The van der Waals surface area contributed by atoms with Gasteiger partial charge in [0.2, 0.25) is 0 Å². The number of hydrogen-bond donors (Lipinski definition) is 0. The lowest BCUT2D eigenvalue weighted by Crippen LogP contribution is -2.02. The predicted octanol–water partition coefficient (Wildman–Crippen LogP) is 4.11. The van der Waals surface area contributed by atoms with E-state index in [4.69, 9.17) is 11.6 Å². The summed E-state index contributed by atoms with van der Waals surface area (Å²) in [6.07, 6.45) is 2.64. The highest BCUT2D eigenvalue weighted by atomic mass is 35.5. The van der Waals surface area contributed by atoms with Crippen LogP contribution in [0.25, 0.3) is 0 Å². The molecule has 0 N–H and O–H groups in total. The third-order valence-corrected chi connectivity index (χ3v) is 4.16. The molecule has 0 saturated heterocycles. The Kier molecular flexibility index (Phi) is 5.20. The molecule has 2 rings (SSSR count). The van der Waals surface area contributed by atoms with Crippen molar-refractivity contribution in [2.24, 2.45) is 0 Å². The summed E-state index contributed by atoms with van der Waals surface area (Å²) in [5.74, 6) is 1.22. The molecule has 1 aromatic heterocycles. The number of allylic oxidation sites excluding steroid dienone is 1. The van der Waals surface area contributed by atoms with Gasteiger partial charge in [-0.1, -0.05) is 42.4 Å². The third kappa shape index (κ3) is 3.41. The fourth-order valence-electron chi connectivity index (χ4n) is 1.78. The molecule has 2 aromatic rings. The van der Waals surface area contributed by atoms with Gasteiger partial charge in [-0.05, 0) is 17.7 Å². The minimum Gasteiger partial charge on any atom is -0.302 e. The first kappa shape index (κ1) is 15.1. The molecule has 0 bridgehead atoms. The Bertz CT molecular complexity index is 612. The van der Waals surface area contributed by atoms with Gasteiger partial charge in [0, 0.05) is 23.7 Å². The summed E-state index contributed by atoms with van der Waals surface area (Å²) in [5.41, 5.74) is 0.879. The fourth-order valence-corrected chi connectivity index (χ4v) is 3.06. The summed E-state index contributed by atoms with van der Waals surface area (Å²) in [6.45, 7) is 6.46. The highest BCUT2D eigenvalue weighted by molar-refractivity contribution is 7.98. The third-order valence-electron chi connectivity index (χ3n) is 2.79. The van der Waals surface area contributed by atoms with E-state index in [1.807, 2.05) is 17.6 Å². The molecule has 0 aliphatic heterocycles. The van der Waals surface area contributed by atoms with Crippen LogP contribution in [0.4, 0.5) is 4.39 Å². The standard InChI is InChI=1S/C14H15ClFN3S/c1-3-7-19-13(4-2)17-18-14(19)20-9-10-5-6-11(16)8-12(10)15/h3,5-6,8H,1,4,7,9H2,2H3. The molecule has 0 unspecified atom stereocenters. The lowest BCUT2D eigenvalue weighted by atomic mass is 10.2. The van der Waals surface area contributed by atoms with Crippen LogP contribution in [0.5, 0.6) is 0 Å². The summed E-state index contributed by atoms with van der Waals surface area (Å²) in [7, 11) is 0. The van der Waals surface area contributed by atoms with E-state index in [9.17, 15) is 4.39 Å². The Morgan fingerprint density at radius 3 is 2.90 bits per heavy atom. The largest absolute Gasteiger partial charge is 0.302 e. The lowest BCUT2D eigenvalue weighted by molar-refractivity contribution is 0.627. The molecule has 0 radical (unpaired) electrons. The van der Waals surface area contributed by atoms with Crippen molar-refractivity contribution < 1.29 is 4.39 Å². The highest BCUT2D eigenvalue weighted by Gasteiger charge is 2.11. The predicted molar refractivity (Wildman–Crippen MR) is 80.6 cm³/mol. The molecule has 3 nitrogen and oxygen atoms in total. The summed E-state index contributed by atoms with van der Waals surface area (Å²) in [4.78, 5) is 0. The van der Waals surface area contributed by atoms with E-state index in [1.54, 1.807) is 6.07 Å². The van der Waals surface area contributed by atoms with Gasteiger partial charge >= 0.3 is 0 Å². The molecule has 106 valence electrons. The van der Waals surface area contributed by atoms with Gasteiger partial charge in [-0.25, -0.2) is 4.39 Å². The molecule has 6 heteroatoms. The van der Waals surface area contributed by atoms with E-state index >= 15 is 0 Å². The van der Waals surface area contributed by atoms with E-state index in [0.717, 1.165) is 23.0 Å². The zero-order valence-corrected chi connectivity index (χ0v) is 12.7. The van der Waals surface area contributed by atoms with Crippen LogP contribution in [0.1, 0.15) is 18.3 Å². The number of aromatic nitrogens is 3. The van der Waals surface area contributed by atoms with Gasteiger partial charge in [0.15, 0.2) is 5.16 Å². The van der Waals surface area contributed by atoms with Gasteiger partial charge in [-0.2, -0.15) is 0 Å². The normalized spacial score (nSPS) is 10.8. The van der Waals surface area contributed by atoms with Gasteiger partial charge in [-0.3, -0.25) is 0 Å². The van der Waals surface area contributed by atoms with E-state index in [-0.39, 0.29) is 5.82 Å². The summed E-state index contributed by atoms with van der Waals surface area (Å²) in [6, 6.07) is 4.43. The first-order valence-corrected chi connectivity index (χ1v) is 7.61. The molecule has 20 heavy (non-hydrogen) atoms. The molecule has 0 aliphatic rings. The second-order valence-electron chi connectivity index (χ2n) is 4.18. The van der Waals surface area contributed by atoms with Crippen molar-refractivity contribution in [2.45, 2.75) is 30.8 Å². The lowest BCUT2D eigenvalue weighted by Gasteiger charge is -2.07. The van der Waals surface area contributed by atoms with Crippen LogP contribution in [-0.2, 0) is 18.7 Å². The van der Waals surface area contributed by atoms with Crippen LogP contribution in [0.3, 0.4) is 0 Å². The van der Waals surface area contributed by atoms with Crippen LogP contribution in [-0.4, -0.2) is 14.8 Å². The van der Waals surface area contributed by atoms with Gasteiger partial charge < -0.3 is 4.57 Å². The average molecular weight is 312 g/mol. The minimum absolute atomic E-state index is 0.327. The van der Waals surface area contributed by atoms with Crippen LogP contribution < -0.4 is 0 Å². The molecule has 1 heterocycles. The zero-order chi connectivity index (χ0) is 14.5. The maximum atomic E-state index is 13.0. The Hall–Kier alpha value is -1.33. The Labute approximate surface area is 126 Å². The molecule has 0 aliphatic carbocycles. The van der Waals surface area contributed by atoms with Crippen LogP contribution in [0.2, 0.25) is 5.02 Å². The molecule has 0 fully saturated rings. The number of hydrogen-bond acceptors (Lipinski definition) is 3.